The van der Waals surface area contributed by atoms with Gasteiger partial charge in [0, 0.05) is 17.6 Å². The topological polar surface area (TPSA) is 75.3 Å². The monoisotopic (exact) mass is 296 g/mol. The molecule has 0 aliphatic carbocycles. The maximum absolute atomic E-state index is 12.3. The summed E-state index contributed by atoms with van der Waals surface area (Å²) in [6.07, 6.45) is 1.54. The first-order chi connectivity index (χ1) is 9.38. The van der Waals surface area contributed by atoms with Crippen LogP contribution in [0.4, 0.5) is 0 Å². The third-order valence-electron chi connectivity index (χ3n) is 3.50. The quantitative estimate of drug-likeness (QED) is 0.821. The first-order valence-corrected chi connectivity index (χ1v) is 8.23. The molecule has 1 aliphatic heterocycles. The summed E-state index contributed by atoms with van der Waals surface area (Å²) >= 11 is 0. The molecule has 0 radical (unpaired) electrons. The summed E-state index contributed by atoms with van der Waals surface area (Å²) in [4.78, 5) is 11.5. The average Bonchev–Trinajstić information content (AvgIpc) is 2.38. The van der Waals surface area contributed by atoms with Crippen molar-refractivity contribution in [3.05, 3.63) is 29.8 Å². The lowest BCUT2D eigenvalue weighted by molar-refractivity contribution is 0.101. The number of carbonyl (C=O) groups excluding carboxylic acids is 1. The van der Waals surface area contributed by atoms with Crippen LogP contribution in [-0.2, 0) is 10.0 Å². The maximum atomic E-state index is 12.3. The largest absolute Gasteiger partial charge is 0.314 e. The van der Waals surface area contributed by atoms with E-state index in [9.17, 15) is 13.2 Å². The van der Waals surface area contributed by atoms with Crippen molar-refractivity contribution in [2.45, 2.75) is 43.7 Å². The van der Waals surface area contributed by atoms with E-state index < -0.39 is 10.0 Å². The zero-order chi connectivity index (χ0) is 14.8. The normalized spacial score (nSPS) is 23.5. The number of carbonyl (C=O) groups is 1. The van der Waals surface area contributed by atoms with Crippen molar-refractivity contribution in [2.75, 3.05) is 6.54 Å². The molecule has 1 aliphatic rings. The van der Waals surface area contributed by atoms with Gasteiger partial charge in [0.1, 0.15) is 0 Å². The van der Waals surface area contributed by atoms with Gasteiger partial charge in [0.2, 0.25) is 10.0 Å². The smallest absolute Gasteiger partial charge is 0.240 e. The van der Waals surface area contributed by atoms with E-state index in [1.165, 1.54) is 19.1 Å². The van der Waals surface area contributed by atoms with Crippen LogP contribution in [0.2, 0.25) is 0 Å². The standard InChI is InChI=1S/C14H20N2O3S/c1-10-8-13(6-7-15-10)16-20(18,19)14-5-3-4-12(9-14)11(2)17/h3-5,9-10,13,15-16H,6-8H2,1-2H3. The van der Waals surface area contributed by atoms with Gasteiger partial charge in [0.05, 0.1) is 4.90 Å². The summed E-state index contributed by atoms with van der Waals surface area (Å²) in [5, 5.41) is 3.28. The number of piperidine rings is 1. The van der Waals surface area contributed by atoms with Crippen molar-refractivity contribution in [1.82, 2.24) is 10.0 Å². The zero-order valence-electron chi connectivity index (χ0n) is 11.7. The first kappa shape index (κ1) is 15.2. The van der Waals surface area contributed by atoms with E-state index >= 15 is 0 Å². The highest BCUT2D eigenvalue weighted by molar-refractivity contribution is 7.89. The fourth-order valence-corrected chi connectivity index (χ4v) is 3.74. The Morgan fingerprint density at radius 2 is 2.15 bits per heavy atom. The van der Waals surface area contributed by atoms with E-state index in [-0.39, 0.29) is 16.7 Å². The Hall–Kier alpha value is -1.24. The highest BCUT2D eigenvalue weighted by Crippen LogP contribution is 2.15. The minimum atomic E-state index is -3.57. The van der Waals surface area contributed by atoms with E-state index in [1.54, 1.807) is 12.1 Å². The minimum Gasteiger partial charge on any atom is -0.314 e. The van der Waals surface area contributed by atoms with Gasteiger partial charge in [-0.3, -0.25) is 4.79 Å². The number of nitrogens with one attached hydrogen (secondary N) is 2. The second kappa shape index (κ2) is 6.03. The van der Waals surface area contributed by atoms with Gasteiger partial charge in [-0.2, -0.15) is 0 Å². The minimum absolute atomic E-state index is 0.0581. The molecule has 0 bridgehead atoms. The lowest BCUT2D eigenvalue weighted by atomic mass is 10.0. The highest BCUT2D eigenvalue weighted by Gasteiger charge is 2.24. The lowest BCUT2D eigenvalue weighted by Crippen LogP contribution is -2.46. The van der Waals surface area contributed by atoms with Crippen molar-refractivity contribution in [2.24, 2.45) is 0 Å². The molecule has 0 aromatic heterocycles. The van der Waals surface area contributed by atoms with Gasteiger partial charge in [0.15, 0.2) is 5.78 Å². The Balaban J connectivity index is 2.17. The molecular weight excluding hydrogens is 276 g/mol. The fraction of sp³-hybridized carbons (Fsp3) is 0.500. The van der Waals surface area contributed by atoms with Gasteiger partial charge in [-0.05, 0) is 45.4 Å². The van der Waals surface area contributed by atoms with Crippen LogP contribution in [-0.4, -0.2) is 32.8 Å². The fourth-order valence-electron chi connectivity index (χ4n) is 2.41. The molecule has 2 rings (SSSR count). The van der Waals surface area contributed by atoms with Gasteiger partial charge >= 0.3 is 0 Å². The van der Waals surface area contributed by atoms with Gasteiger partial charge < -0.3 is 5.32 Å². The van der Waals surface area contributed by atoms with Crippen LogP contribution in [0, 0.1) is 0 Å². The molecule has 0 amide bonds. The molecule has 1 heterocycles. The summed E-state index contributed by atoms with van der Waals surface area (Å²) < 4.78 is 27.4. The lowest BCUT2D eigenvalue weighted by Gasteiger charge is -2.28. The molecule has 2 atom stereocenters. The highest BCUT2D eigenvalue weighted by atomic mass is 32.2. The van der Waals surface area contributed by atoms with Gasteiger partial charge in [0.25, 0.3) is 0 Å². The van der Waals surface area contributed by atoms with Crippen LogP contribution < -0.4 is 10.0 Å². The summed E-state index contributed by atoms with van der Waals surface area (Å²) in [6, 6.07) is 6.40. The molecular formula is C14H20N2O3S. The number of rotatable bonds is 4. The average molecular weight is 296 g/mol. The van der Waals surface area contributed by atoms with Crippen molar-refractivity contribution < 1.29 is 13.2 Å². The molecule has 0 spiro atoms. The molecule has 1 saturated heterocycles. The van der Waals surface area contributed by atoms with E-state index in [4.69, 9.17) is 0 Å². The number of Topliss-reactive ketones (excluding diaryl/α,β-unsaturated/α-hetero) is 1. The second-order valence-corrected chi connectivity index (χ2v) is 7.00. The molecule has 1 fully saturated rings. The molecule has 5 nitrogen and oxygen atoms in total. The SMILES string of the molecule is CC(=O)c1cccc(S(=O)(=O)NC2CCNC(C)C2)c1. The zero-order valence-corrected chi connectivity index (χ0v) is 12.5. The van der Waals surface area contributed by atoms with Crippen LogP contribution in [0.1, 0.15) is 37.0 Å². The van der Waals surface area contributed by atoms with E-state index in [1.807, 2.05) is 6.92 Å². The van der Waals surface area contributed by atoms with Gasteiger partial charge in [-0.15, -0.1) is 0 Å². The van der Waals surface area contributed by atoms with Crippen LogP contribution >= 0.6 is 0 Å². The molecule has 2 unspecified atom stereocenters. The predicted molar refractivity (Wildman–Crippen MR) is 77.3 cm³/mol. The van der Waals surface area contributed by atoms with Crippen molar-refractivity contribution in [1.29, 1.82) is 0 Å². The van der Waals surface area contributed by atoms with Crippen LogP contribution in [0.3, 0.4) is 0 Å². The maximum Gasteiger partial charge on any atom is 0.240 e. The number of sulfonamides is 1. The van der Waals surface area contributed by atoms with Gasteiger partial charge in [-0.1, -0.05) is 12.1 Å². The third kappa shape index (κ3) is 3.65. The number of hydrogen-bond acceptors (Lipinski definition) is 4. The van der Waals surface area contributed by atoms with Crippen LogP contribution in [0.25, 0.3) is 0 Å². The molecule has 0 saturated carbocycles. The van der Waals surface area contributed by atoms with Crippen LogP contribution in [0.5, 0.6) is 0 Å². The molecule has 1 aromatic rings. The second-order valence-electron chi connectivity index (χ2n) is 5.28. The molecule has 1 aromatic carbocycles. The molecule has 110 valence electrons. The van der Waals surface area contributed by atoms with Crippen molar-refractivity contribution in [3.8, 4) is 0 Å². The van der Waals surface area contributed by atoms with Crippen molar-refractivity contribution >= 4 is 15.8 Å². The van der Waals surface area contributed by atoms with E-state index in [0.717, 1.165) is 19.4 Å². The van der Waals surface area contributed by atoms with E-state index in [0.29, 0.717) is 11.6 Å². The van der Waals surface area contributed by atoms with Crippen LogP contribution in [0.15, 0.2) is 29.2 Å². The molecule has 6 heteroatoms. The summed E-state index contributed by atoms with van der Waals surface area (Å²) in [5.41, 5.74) is 0.409. The van der Waals surface area contributed by atoms with Gasteiger partial charge in [-0.25, -0.2) is 13.1 Å². The van der Waals surface area contributed by atoms with Crippen molar-refractivity contribution in [3.63, 3.8) is 0 Å². The molecule has 2 N–H and O–H groups in total. The number of ketones is 1. The summed E-state index contributed by atoms with van der Waals surface area (Å²) in [7, 11) is -3.57. The Kier molecular flexibility index (Phi) is 4.57. The third-order valence-corrected chi connectivity index (χ3v) is 5.01. The molecule has 20 heavy (non-hydrogen) atoms. The van der Waals surface area contributed by atoms with E-state index in [2.05, 4.69) is 10.0 Å². The Labute approximate surface area is 119 Å². The number of hydrogen-bond donors (Lipinski definition) is 2. The number of benzene rings is 1. The Morgan fingerprint density at radius 3 is 2.80 bits per heavy atom. The summed E-state index contributed by atoms with van der Waals surface area (Å²) in [6.45, 7) is 4.27. The summed E-state index contributed by atoms with van der Waals surface area (Å²) in [5.74, 6) is -0.141. The predicted octanol–water partition coefficient (Wildman–Crippen LogP) is 1.31. The first-order valence-electron chi connectivity index (χ1n) is 6.75. The Bertz CT molecular complexity index is 598. The Morgan fingerprint density at radius 1 is 1.40 bits per heavy atom.